The molecule has 2 rings (SSSR count). The molecule has 18 heavy (non-hydrogen) atoms. The maximum absolute atomic E-state index is 6.09. The first kappa shape index (κ1) is 12.7. The molecule has 1 heterocycles. The van der Waals surface area contributed by atoms with E-state index in [4.69, 9.17) is 15.2 Å². The van der Waals surface area contributed by atoms with Crippen LogP contribution in [0.15, 0.2) is 12.1 Å². The van der Waals surface area contributed by atoms with E-state index in [9.17, 15) is 0 Å². The zero-order valence-electron chi connectivity index (χ0n) is 11.2. The highest BCUT2D eigenvalue weighted by Gasteiger charge is 2.16. The van der Waals surface area contributed by atoms with Crippen molar-refractivity contribution in [2.24, 2.45) is 11.7 Å². The van der Waals surface area contributed by atoms with Gasteiger partial charge in [0.1, 0.15) is 5.82 Å². The van der Waals surface area contributed by atoms with Gasteiger partial charge in [-0.1, -0.05) is 13.8 Å². The van der Waals surface area contributed by atoms with Gasteiger partial charge in [0.15, 0.2) is 11.5 Å². The number of fused-ring (bicyclic) bond motifs is 1. The fourth-order valence-corrected chi connectivity index (χ4v) is 1.83. The number of ether oxygens (including phenoxy) is 2. The van der Waals surface area contributed by atoms with Gasteiger partial charge in [-0.3, -0.25) is 0 Å². The standard InChI is InChI=1S/C13H19N3O2/c1-7(2)12(14)13-15-8-5-10(17-3)11(18-4)6-9(8)16-13/h5-7,12H,14H2,1-4H3,(H,15,16). The number of hydrogen-bond donors (Lipinski definition) is 2. The van der Waals surface area contributed by atoms with E-state index in [-0.39, 0.29) is 6.04 Å². The number of aromatic nitrogens is 2. The lowest BCUT2D eigenvalue weighted by atomic mass is 10.1. The number of benzene rings is 1. The second-order valence-corrected chi connectivity index (χ2v) is 4.62. The monoisotopic (exact) mass is 249 g/mol. The Kier molecular flexibility index (Phi) is 3.43. The lowest BCUT2D eigenvalue weighted by Gasteiger charge is -2.11. The molecule has 1 unspecified atom stereocenters. The Hall–Kier alpha value is -1.75. The lowest BCUT2D eigenvalue weighted by Crippen LogP contribution is -2.17. The summed E-state index contributed by atoms with van der Waals surface area (Å²) in [5.74, 6) is 2.46. The molecule has 0 bridgehead atoms. The second-order valence-electron chi connectivity index (χ2n) is 4.62. The number of aromatic amines is 1. The van der Waals surface area contributed by atoms with Crippen LogP contribution in [0.25, 0.3) is 11.0 Å². The second kappa shape index (κ2) is 4.86. The quantitative estimate of drug-likeness (QED) is 0.871. The highest BCUT2D eigenvalue weighted by molar-refractivity contribution is 5.79. The van der Waals surface area contributed by atoms with E-state index in [0.29, 0.717) is 17.4 Å². The van der Waals surface area contributed by atoms with E-state index in [2.05, 4.69) is 23.8 Å². The third-order valence-corrected chi connectivity index (χ3v) is 3.04. The first-order valence-electron chi connectivity index (χ1n) is 5.94. The Morgan fingerprint density at radius 3 is 2.33 bits per heavy atom. The van der Waals surface area contributed by atoms with Crippen LogP contribution in [0.1, 0.15) is 25.7 Å². The number of H-pyrrole nitrogens is 1. The molecule has 1 aromatic carbocycles. The van der Waals surface area contributed by atoms with Gasteiger partial charge in [-0.15, -0.1) is 0 Å². The third kappa shape index (κ3) is 2.13. The third-order valence-electron chi connectivity index (χ3n) is 3.04. The van der Waals surface area contributed by atoms with Gasteiger partial charge in [-0.25, -0.2) is 4.98 Å². The molecule has 0 aliphatic heterocycles. The minimum Gasteiger partial charge on any atom is -0.493 e. The Morgan fingerprint density at radius 1 is 1.17 bits per heavy atom. The van der Waals surface area contributed by atoms with Crippen molar-refractivity contribution in [3.05, 3.63) is 18.0 Å². The van der Waals surface area contributed by atoms with Crippen LogP contribution in [0.2, 0.25) is 0 Å². The molecule has 98 valence electrons. The van der Waals surface area contributed by atoms with Crippen LogP contribution in [-0.4, -0.2) is 24.2 Å². The largest absolute Gasteiger partial charge is 0.493 e. The Balaban J connectivity index is 2.51. The van der Waals surface area contributed by atoms with Crippen LogP contribution in [-0.2, 0) is 0 Å². The van der Waals surface area contributed by atoms with Crippen molar-refractivity contribution in [2.75, 3.05) is 14.2 Å². The highest BCUT2D eigenvalue weighted by atomic mass is 16.5. The molecule has 5 nitrogen and oxygen atoms in total. The Labute approximate surface area is 106 Å². The SMILES string of the molecule is COc1cc2nc(C(N)C(C)C)[nH]c2cc1OC. The lowest BCUT2D eigenvalue weighted by molar-refractivity contribution is 0.356. The Morgan fingerprint density at radius 2 is 1.78 bits per heavy atom. The predicted molar refractivity (Wildman–Crippen MR) is 71.0 cm³/mol. The molecule has 1 atom stereocenters. The summed E-state index contributed by atoms with van der Waals surface area (Å²) in [4.78, 5) is 7.73. The number of nitrogens with two attached hydrogens (primary N) is 1. The number of nitrogens with one attached hydrogen (secondary N) is 1. The average Bonchev–Trinajstić information content (AvgIpc) is 2.78. The van der Waals surface area contributed by atoms with E-state index in [1.54, 1.807) is 14.2 Å². The molecule has 0 aliphatic rings. The van der Waals surface area contributed by atoms with Gasteiger partial charge >= 0.3 is 0 Å². The molecule has 0 radical (unpaired) electrons. The van der Waals surface area contributed by atoms with E-state index in [0.717, 1.165) is 16.9 Å². The Bertz CT molecular complexity index is 507. The van der Waals surface area contributed by atoms with Crippen LogP contribution in [0, 0.1) is 5.92 Å². The summed E-state index contributed by atoms with van der Waals surface area (Å²) < 4.78 is 10.5. The van der Waals surface area contributed by atoms with Crippen LogP contribution < -0.4 is 15.2 Å². The summed E-state index contributed by atoms with van der Waals surface area (Å²) >= 11 is 0. The minimum atomic E-state index is -0.102. The summed E-state index contributed by atoms with van der Waals surface area (Å²) in [7, 11) is 3.22. The summed E-state index contributed by atoms with van der Waals surface area (Å²) in [5.41, 5.74) is 7.82. The predicted octanol–water partition coefficient (Wildman–Crippen LogP) is 2.24. The van der Waals surface area contributed by atoms with Crippen molar-refractivity contribution in [1.29, 1.82) is 0 Å². The molecule has 1 aromatic heterocycles. The van der Waals surface area contributed by atoms with Gasteiger partial charge in [0.2, 0.25) is 0 Å². The van der Waals surface area contributed by atoms with Gasteiger partial charge in [0.05, 0.1) is 31.3 Å². The van der Waals surface area contributed by atoms with Gasteiger partial charge < -0.3 is 20.2 Å². The molecule has 0 spiro atoms. The van der Waals surface area contributed by atoms with Crippen LogP contribution >= 0.6 is 0 Å². The van der Waals surface area contributed by atoms with E-state index in [1.807, 2.05) is 12.1 Å². The molecule has 0 fully saturated rings. The minimum absolute atomic E-state index is 0.102. The summed E-state index contributed by atoms with van der Waals surface area (Å²) in [6.45, 7) is 4.14. The van der Waals surface area contributed by atoms with Crippen LogP contribution in [0.3, 0.4) is 0 Å². The molecule has 2 aromatic rings. The molecule has 0 saturated carbocycles. The van der Waals surface area contributed by atoms with Gasteiger partial charge in [-0.05, 0) is 5.92 Å². The normalized spacial score (nSPS) is 13.0. The van der Waals surface area contributed by atoms with Crippen molar-refractivity contribution in [3.8, 4) is 11.5 Å². The highest BCUT2D eigenvalue weighted by Crippen LogP contribution is 2.32. The fourth-order valence-electron chi connectivity index (χ4n) is 1.83. The van der Waals surface area contributed by atoms with Crippen molar-refractivity contribution >= 4 is 11.0 Å². The van der Waals surface area contributed by atoms with Crippen molar-refractivity contribution in [2.45, 2.75) is 19.9 Å². The van der Waals surface area contributed by atoms with Crippen molar-refractivity contribution < 1.29 is 9.47 Å². The maximum atomic E-state index is 6.09. The molecule has 0 saturated heterocycles. The summed E-state index contributed by atoms with van der Waals surface area (Å²) in [5, 5.41) is 0. The van der Waals surface area contributed by atoms with E-state index in [1.165, 1.54) is 0 Å². The van der Waals surface area contributed by atoms with Crippen LogP contribution in [0.5, 0.6) is 11.5 Å². The molecule has 0 aliphatic carbocycles. The maximum Gasteiger partial charge on any atom is 0.163 e. The summed E-state index contributed by atoms with van der Waals surface area (Å²) in [6.07, 6.45) is 0. The van der Waals surface area contributed by atoms with Crippen LogP contribution in [0.4, 0.5) is 0 Å². The number of imidazole rings is 1. The molecular weight excluding hydrogens is 230 g/mol. The number of hydrogen-bond acceptors (Lipinski definition) is 4. The summed E-state index contributed by atoms with van der Waals surface area (Å²) in [6, 6.07) is 3.62. The molecular formula is C13H19N3O2. The van der Waals surface area contributed by atoms with Gasteiger partial charge in [-0.2, -0.15) is 0 Å². The van der Waals surface area contributed by atoms with Crippen molar-refractivity contribution in [1.82, 2.24) is 9.97 Å². The smallest absolute Gasteiger partial charge is 0.163 e. The first-order valence-corrected chi connectivity index (χ1v) is 5.94. The number of rotatable bonds is 4. The first-order chi connectivity index (χ1) is 8.56. The van der Waals surface area contributed by atoms with Crippen molar-refractivity contribution in [3.63, 3.8) is 0 Å². The van der Waals surface area contributed by atoms with E-state index >= 15 is 0 Å². The molecule has 3 N–H and O–H groups in total. The molecule has 0 amide bonds. The number of nitrogens with zero attached hydrogens (tertiary/aromatic N) is 1. The van der Waals surface area contributed by atoms with Gasteiger partial charge in [0.25, 0.3) is 0 Å². The average molecular weight is 249 g/mol. The topological polar surface area (TPSA) is 73.2 Å². The fraction of sp³-hybridized carbons (Fsp3) is 0.462. The van der Waals surface area contributed by atoms with E-state index < -0.39 is 0 Å². The number of methoxy groups -OCH3 is 2. The zero-order valence-corrected chi connectivity index (χ0v) is 11.2. The molecule has 5 heteroatoms. The van der Waals surface area contributed by atoms with Gasteiger partial charge in [0, 0.05) is 12.1 Å². The zero-order chi connectivity index (χ0) is 13.3.